The van der Waals surface area contributed by atoms with Crippen LogP contribution in [0.15, 0.2) is 54.6 Å². The molecule has 2 rings (SSSR count). The smallest absolute Gasteiger partial charge is 0.323 e. The van der Waals surface area contributed by atoms with E-state index in [1.165, 1.54) is 4.90 Å². The topological polar surface area (TPSA) is 57.6 Å². The van der Waals surface area contributed by atoms with Gasteiger partial charge in [-0.1, -0.05) is 55.5 Å². The van der Waals surface area contributed by atoms with Gasteiger partial charge in [-0.05, 0) is 30.0 Å². The molecule has 2 aromatic rings. The first-order chi connectivity index (χ1) is 11.1. The molecule has 1 amide bonds. The molecule has 1 N–H and O–H groups in total. The van der Waals surface area contributed by atoms with Crippen LogP contribution in [0.25, 0.3) is 0 Å². The second kappa shape index (κ2) is 8.13. The fourth-order valence-corrected chi connectivity index (χ4v) is 2.55. The van der Waals surface area contributed by atoms with E-state index in [9.17, 15) is 9.59 Å². The van der Waals surface area contributed by atoms with Gasteiger partial charge in [0.2, 0.25) is 0 Å². The van der Waals surface area contributed by atoms with Crippen LogP contribution in [0.2, 0.25) is 0 Å². The van der Waals surface area contributed by atoms with E-state index >= 15 is 0 Å². The van der Waals surface area contributed by atoms with Crippen LogP contribution in [-0.4, -0.2) is 35.0 Å². The van der Waals surface area contributed by atoms with E-state index in [-0.39, 0.29) is 12.5 Å². The third-order valence-corrected chi connectivity index (χ3v) is 3.59. The number of amides is 1. The molecule has 0 aliphatic carbocycles. The summed E-state index contributed by atoms with van der Waals surface area (Å²) in [5.41, 5.74) is 2.61. The molecular formula is C19H21NO3. The molecule has 0 spiro atoms. The SMILES string of the molecule is CCCN(CC(=O)O)C(=O)c1ccccc1Cc1ccccc1. The maximum absolute atomic E-state index is 12.7. The molecule has 0 unspecified atom stereocenters. The summed E-state index contributed by atoms with van der Waals surface area (Å²) in [4.78, 5) is 25.1. The van der Waals surface area contributed by atoms with Crippen LogP contribution >= 0.6 is 0 Å². The lowest BCUT2D eigenvalue weighted by molar-refractivity contribution is -0.137. The zero-order valence-electron chi connectivity index (χ0n) is 13.2. The lowest BCUT2D eigenvalue weighted by Gasteiger charge is -2.21. The molecule has 4 heteroatoms. The van der Waals surface area contributed by atoms with Crippen molar-refractivity contribution in [1.29, 1.82) is 0 Å². The van der Waals surface area contributed by atoms with Crippen molar-refractivity contribution >= 4 is 11.9 Å². The summed E-state index contributed by atoms with van der Waals surface area (Å²) < 4.78 is 0. The number of rotatable bonds is 7. The Hall–Kier alpha value is -2.62. The van der Waals surface area contributed by atoms with Crippen molar-refractivity contribution in [1.82, 2.24) is 4.90 Å². The minimum atomic E-state index is -0.993. The van der Waals surface area contributed by atoms with Gasteiger partial charge in [0.05, 0.1) is 0 Å². The highest BCUT2D eigenvalue weighted by molar-refractivity contribution is 5.97. The summed E-state index contributed by atoms with van der Waals surface area (Å²) in [7, 11) is 0. The Kier molecular flexibility index (Phi) is 5.92. The van der Waals surface area contributed by atoms with Crippen molar-refractivity contribution < 1.29 is 14.7 Å². The van der Waals surface area contributed by atoms with E-state index in [0.717, 1.165) is 17.5 Å². The van der Waals surface area contributed by atoms with E-state index in [2.05, 4.69) is 0 Å². The van der Waals surface area contributed by atoms with Gasteiger partial charge < -0.3 is 10.0 Å². The number of aliphatic carboxylic acids is 1. The van der Waals surface area contributed by atoms with E-state index in [1.54, 1.807) is 6.07 Å². The molecule has 0 saturated carbocycles. The van der Waals surface area contributed by atoms with Gasteiger partial charge in [-0.3, -0.25) is 9.59 Å². The molecule has 0 atom stereocenters. The van der Waals surface area contributed by atoms with Crippen LogP contribution < -0.4 is 0 Å². The van der Waals surface area contributed by atoms with Crippen molar-refractivity contribution in [2.75, 3.05) is 13.1 Å². The average molecular weight is 311 g/mol. The molecule has 23 heavy (non-hydrogen) atoms. The van der Waals surface area contributed by atoms with Gasteiger partial charge in [0.15, 0.2) is 0 Å². The molecule has 0 radical (unpaired) electrons. The minimum absolute atomic E-state index is 0.221. The number of carboxylic acid groups (broad SMARTS) is 1. The molecule has 4 nitrogen and oxygen atoms in total. The van der Waals surface area contributed by atoms with Gasteiger partial charge in [0, 0.05) is 12.1 Å². The number of hydrogen-bond acceptors (Lipinski definition) is 2. The molecule has 2 aromatic carbocycles. The number of nitrogens with zero attached hydrogens (tertiary/aromatic N) is 1. The maximum atomic E-state index is 12.7. The molecule has 120 valence electrons. The molecule has 0 aliphatic rings. The third-order valence-electron chi connectivity index (χ3n) is 3.59. The van der Waals surface area contributed by atoms with Crippen molar-refractivity contribution in [3.8, 4) is 0 Å². The Bertz CT molecular complexity index is 667. The highest BCUT2D eigenvalue weighted by Gasteiger charge is 2.20. The summed E-state index contributed by atoms with van der Waals surface area (Å²) in [5.74, 6) is -1.21. The fraction of sp³-hybridized carbons (Fsp3) is 0.263. The van der Waals surface area contributed by atoms with E-state index in [0.29, 0.717) is 18.5 Å². The number of benzene rings is 2. The van der Waals surface area contributed by atoms with E-state index in [1.807, 2.05) is 55.5 Å². The first-order valence-electron chi connectivity index (χ1n) is 7.74. The maximum Gasteiger partial charge on any atom is 0.323 e. The van der Waals surface area contributed by atoms with Crippen molar-refractivity contribution in [2.45, 2.75) is 19.8 Å². The predicted octanol–water partition coefficient (Wildman–Crippen LogP) is 3.21. The number of carbonyl (C=O) groups excluding carboxylic acids is 1. The first-order valence-corrected chi connectivity index (χ1v) is 7.74. The van der Waals surface area contributed by atoms with Gasteiger partial charge in [-0.25, -0.2) is 0 Å². The third kappa shape index (κ3) is 4.68. The Morgan fingerprint density at radius 2 is 1.65 bits per heavy atom. The first kappa shape index (κ1) is 16.7. The standard InChI is InChI=1S/C19H21NO3/c1-2-12-20(14-18(21)22)19(23)17-11-7-6-10-16(17)13-15-8-4-3-5-9-15/h3-11H,2,12-14H2,1H3,(H,21,22). The van der Waals surface area contributed by atoms with Crippen LogP contribution in [0.5, 0.6) is 0 Å². The Balaban J connectivity index is 2.27. The van der Waals surface area contributed by atoms with Crippen LogP contribution in [0, 0.1) is 0 Å². The molecule has 0 aromatic heterocycles. The van der Waals surface area contributed by atoms with Crippen molar-refractivity contribution in [3.05, 3.63) is 71.3 Å². The molecule has 0 bridgehead atoms. The molecular weight excluding hydrogens is 290 g/mol. The second-order valence-electron chi connectivity index (χ2n) is 5.44. The van der Waals surface area contributed by atoms with E-state index < -0.39 is 5.97 Å². The zero-order chi connectivity index (χ0) is 16.7. The highest BCUT2D eigenvalue weighted by Crippen LogP contribution is 2.16. The van der Waals surface area contributed by atoms with Crippen LogP contribution in [0.1, 0.15) is 34.8 Å². The summed E-state index contributed by atoms with van der Waals surface area (Å²) in [5, 5.41) is 9.02. The number of carboxylic acids is 1. The van der Waals surface area contributed by atoms with Gasteiger partial charge in [0.25, 0.3) is 5.91 Å². The second-order valence-corrected chi connectivity index (χ2v) is 5.44. The largest absolute Gasteiger partial charge is 0.480 e. The lowest BCUT2D eigenvalue weighted by Crippen LogP contribution is -2.36. The molecule has 0 fully saturated rings. The minimum Gasteiger partial charge on any atom is -0.480 e. The summed E-state index contributed by atoms with van der Waals surface area (Å²) in [6, 6.07) is 17.3. The number of hydrogen-bond donors (Lipinski definition) is 1. The Morgan fingerprint density at radius 3 is 2.30 bits per heavy atom. The van der Waals surface area contributed by atoms with Gasteiger partial charge in [-0.15, -0.1) is 0 Å². The zero-order valence-corrected chi connectivity index (χ0v) is 13.2. The van der Waals surface area contributed by atoms with Crippen molar-refractivity contribution in [3.63, 3.8) is 0 Å². The Labute approximate surface area is 136 Å². The average Bonchev–Trinajstić information content (AvgIpc) is 2.55. The molecule has 0 aliphatic heterocycles. The highest BCUT2D eigenvalue weighted by atomic mass is 16.4. The molecule has 0 heterocycles. The fourth-order valence-electron chi connectivity index (χ4n) is 2.55. The monoisotopic (exact) mass is 311 g/mol. The van der Waals surface area contributed by atoms with Gasteiger partial charge >= 0.3 is 5.97 Å². The Morgan fingerprint density at radius 1 is 1.00 bits per heavy atom. The summed E-state index contributed by atoms with van der Waals surface area (Å²) >= 11 is 0. The van der Waals surface area contributed by atoms with Gasteiger partial charge in [0.1, 0.15) is 6.54 Å². The van der Waals surface area contributed by atoms with E-state index in [4.69, 9.17) is 5.11 Å². The van der Waals surface area contributed by atoms with Crippen LogP contribution in [0.3, 0.4) is 0 Å². The van der Waals surface area contributed by atoms with Gasteiger partial charge in [-0.2, -0.15) is 0 Å². The number of carbonyl (C=O) groups is 2. The summed E-state index contributed by atoms with van der Waals surface area (Å²) in [6.07, 6.45) is 1.37. The van der Waals surface area contributed by atoms with Crippen LogP contribution in [0.4, 0.5) is 0 Å². The summed E-state index contributed by atoms with van der Waals surface area (Å²) in [6.45, 7) is 2.09. The van der Waals surface area contributed by atoms with Crippen LogP contribution in [-0.2, 0) is 11.2 Å². The predicted molar refractivity (Wildman–Crippen MR) is 89.5 cm³/mol. The quantitative estimate of drug-likeness (QED) is 0.854. The lowest BCUT2D eigenvalue weighted by atomic mass is 9.99. The van der Waals surface area contributed by atoms with Crippen molar-refractivity contribution in [2.24, 2.45) is 0 Å². The molecule has 0 saturated heterocycles. The normalized spacial score (nSPS) is 10.3.